The Bertz CT molecular complexity index is 1040. The second kappa shape index (κ2) is 8.16. The summed E-state index contributed by atoms with van der Waals surface area (Å²) < 4.78 is 11.0. The number of hydrogen-bond acceptors (Lipinski definition) is 7. The van der Waals surface area contributed by atoms with Crippen LogP contribution in [0.15, 0.2) is 59.6 Å². The van der Waals surface area contributed by atoms with E-state index in [9.17, 15) is 9.59 Å². The molecule has 0 saturated carbocycles. The van der Waals surface area contributed by atoms with Crippen molar-refractivity contribution in [3.05, 3.63) is 54.6 Å². The number of anilines is 1. The molecule has 3 amide bonds. The third kappa shape index (κ3) is 3.34. The molecule has 2 atom stereocenters. The summed E-state index contributed by atoms with van der Waals surface area (Å²) in [6, 6.07) is 16.6. The maximum absolute atomic E-state index is 13.1. The van der Waals surface area contributed by atoms with E-state index in [2.05, 4.69) is 4.90 Å². The van der Waals surface area contributed by atoms with Gasteiger partial charge >= 0.3 is 6.03 Å². The quantitative estimate of drug-likeness (QED) is 0.692. The number of hydrogen-bond donors (Lipinski definition) is 0. The number of fused-ring (bicyclic) bond motifs is 3. The number of aliphatic imine (C=N–C) groups is 1. The van der Waals surface area contributed by atoms with Gasteiger partial charge in [-0.25, -0.2) is 9.79 Å². The zero-order chi connectivity index (χ0) is 22.2. The van der Waals surface area contributed by atoms with E-state index in [-0.39, 0.29) is 18.5 Å². The number of urea groups is 1. The Morgan fingerprint density at radius 2 is 1.72 bits per heavy atom. The Hall–Kier alpha value is -3.59. The molecule has 0 radical (unpaired) electrons. The number of methoxy groups -OCH3 is 1. The molecule has 5 rings (SSSR count). The van der Waals surface area contributed by atoms with Crippen LogP contribution < -0.4 is 9.64 Å². The summed E-state index contributed by atoms with van der Waals surface area (Å²) >= 11 is 0. The highest BCUT2D eigenvalue weighted by molar-refractivity contribution is 6.08. The number of para-hydroxylation sites is 1. The van der Waals surface area contributed by atoms with Gasteiger partial charge in [-0.15, -0.1) is 0 Å². The molecule has 166 valence electrons. The van der Waals surface area contributed by atoms with Gasteiger partial charge in [0.25, 0.3) is 5.91 Å². The maximum atomic E-state index is 13.1. The molecular weight excluding hydrogens is 410 g/mol. The molecule has 3 aliphatic rings. The van der Waals surface area contributed by atoms with Gasteiger partial charge in [-0.05, 0) is 36.4 Å². The minimum Gasteiger partial charge on any atom is -0.457 e. The van der Waals surface area contributed by atoms with Gasteiger partial charge in [0, 0.05) is 32.9 Å². The van der Waals surface area contributed by atoms with Crippen molar-refractivity contribution in [1.82, 2.24) is 14.7 Å². The van der Waals surface area contributed by atoms with Crippen LogP contribution in [0.2, 0.25) is 0 Å². The molecule has 2 aromatic rings. The van der Waals surface area contributed by atoms with Crippen molar-refractivity contribution in [3.8, 4) is 11.5 Å². The third-order valence-electron chi connectivity index (χ3n) is 6.02. The van der Waals surface area contributed by atoms with Gasteiger partial charge in [-0.2, -0.15) is 0 Å². The standard InChI is InChI=1S/C23H25N5O4/c1-25-20-19(21(29)28(23(25)30)14-15-31-2)27-13-12-26(22(27)24-20)16-8-10-18(11-9-16)32-17-6-4-3-5-7-17/h3-11,19-20H,12-15H2,1-2H3. The smallest absolute Gasteiger partial charge is 0.328 e. The fourth-order valence-electron chi connectivity index (χ4n) is 4.39. The maximum Gasteiger partial charge on any atom is 0.328 e. The van der Waals surface area contributed by atoms with Gasteiger partial charge in [-0.3, -0.25) is 9.69 Å². The third-order valence-corrected chi connectivity index (χ3v) is 6.02. The number of guanidine groups is 1. The molecule has 9 heteroatoms. The first-order chi connectivity index (χ1) is 15.6. The Kier molecular flexibility index (Phi) is 5.18. The van der Waals surface area contributed by atoms with E-state index >= 15 is 0 Å². The van der Waals surface area contributed by atoms with E-state index in [4.69, 9.17) is 14.5 Å². The van der Waals surface area contributed by atoms with Crippen LogP contribution in [0.1, 0.15) is 0 Å². The highest BCUT2D eigenvalue weighted by atomic mass is 16.5. The molecule has 2 aromatic carbocycles. The number of carbonyl (C=O) groups excluding carboxylic acids is 2. The van der Waals surface area contributed by atoms with Crippen molar-refractivity contribution < 1.29 is 19.1 Å². The van der Waals surface area contributed by atoms with Gasteiger partial charge in [0.2, 0.25) is 5.96 Å². The van der Waals surface area contributed by atoms with Gasteiger partial charge in [0.15, 0.2) is 12.2 Å². The molecule has 3 aliphatic heterocycles. The first kappa shape index (κ1) is 20.3. The molecular formula is C23H25N5O4. The van der Waals surface area contributed by atoms with E-state index in [0.29, 0.717) is 19.7 Å². The molecule has 2 unspecified atom stereocenters. The van der Waals surface area contributed by atoms with Crippen molar-refractivity contribution in [2.75, 3.05) is 45.3 Å². The average molecular weight is 435 g/mol. The first-order valence-corrected chi connectivity index (χ1v) is 10.6. The summed E-state index contributed by atoms with van der Waals surface area (Å²) in [5.74, 6) is 2.02. The summed E-state index contributed by atoms with van der Waals surface area (Å²) in [4.78, 5) is 37.5. The number of imide groups is 1. The summed E-state index contributed by atoms with van der Waals surface area (Å²) in [6.45, 7) is 1.91. The summed E-state index contributed by atoms with van der Waals surface area (Å²) in [5.41, 5.74) is 0.961. The lowest BCUT2D eigenvalue weighted by atomic mass is 10.1. The van der Waals surface area contributed by atoms with Crippen LogP contribution in [0.4, 0.5) is 10.5 Å². The first-order valence-electron chi connectivity index (χ1n) is 10.6. The second-order valence-corrected chi connectivity index (χ2v) is 7.92. The van der Waals surface area contributed by atoms with Gasteiger partial charge in [0.05, 0.1) is 13.2 Å². The SMILES string of the molecule is COCCN1C(=O)C2C(N=C3N(c4ccc(Oc5ccccc5)cc4)CCN32)N(C)C1=O. The van der Waals surface area contributed by atoms with E-state index in [0.717, 1.165) is 23.1 Å². The monoisotopic (exact) mass is 435 g/mol. The van der Waals surface area contributed by atoms with E-state index in [1.54, 1.807) is 19.1 Å². The van der Waals surface area contributed by atoms with Crippen molar-refractivity contribution in [3.63, 3.8) is 0 Å². The van der Waals surface area contributed by atoms with Crippen LogP contribution in [-0.2, 0) is 9.53 Å². The summed E-state index contributed by atoms with van der Waals surface area (Å²) in [5, 5.41) is 0. The van der Waals surface area contributed by atoms with Crippen LogP contribution in [0.25, 0.3) is 0 Å². The molecule has 2 fully saturated rings. The number of likely N-dealkylation sites (N-methyl/N-ethyl adjacent to an activating group) is 1. The highest BCUT2D eigenvalue weighted by Gasteiger charge is 2.54. The normalized spacial score (nSPS) is 22.2. The van der Waals surface area contributed by atoms with Crippen molar-refractivity contribution >= 4 is 23.6 Å². The Morgan fingerprint density at radius 3 is 2.44 bits per heavy atom. The van der Waals surface area contributed by atoms with E-state index < -0.39 is 12.2 Å². The van der Waals surface area contributed by atoms with Gasteiger partial charge in [0.1, 0.15) is 11.5 Å². The zero-order valence-corrected chi connectivity index (χ0v) is 18.0. The second-order valence-electron chi connectivity index (χ2n) is 7.92. The Labute approximate surface area is 186 Å². The molecule has 0 aromatic heterocycles. The highest BCUT2D eigenvalue weighted by Crippen LogP contribution is 2.34. The van der Waals surface area contributed by atoms with Crippen LogP contribution in [0.3, 0.4) is 0 Å². The van der Waals surface area contributed by atoms with Crippen molar-refractivity contribution in [2.45, 2.75) is 12.2 Å². The fourth-order valence-corrected chi connectivity index (χ4v) is 4.39. The van der Waals surface area contributed by atoms with E-state index in [1.165, 1.54) is 4.90 Å². The largest absolute Gasteiger partial charge is 0.457 e. The number of nitrogens with zero attached hydrogens (tertiary/aromatic N) is 5. The van der Waals surface area contributed by atoms with Crippen molar-refractivity contribution in [1.29, 1.82) is 0 Å². The summed E-state index contributed by atoms with van der Waals surface area (Å²) in [7, 11) is 3.25. The average Bonchev–Trinajstić information content (AvgIpc) is 3.39. The predicted octanol–water partition coefficient (Wildman–Crippen LogP) is 2.21. The minimum atomic E-state index is -0.521. The molecule has 9 nitrogen and oxygen atoms in total. The van der Waals surface area contributed by atoms with Gasteiger partial charge in [-0.1, -0.05) is 18.2 Å². The number of amides is 3. The molecule has 2 saturated heterocycles. The number of benzene rings is 2. The molecule has 0 spiro atoms. The topological polar surface area (TPSA) is 77.9 Å². The summed E-state index contributed by atoms with van der Waals surface area (Å²) in [6.07, 6.45) is -0.521. The van der Waals surface area contributed by atoms with Crippen LogP contribution in [-0.4, -0.2) is 85.2 Å². The Morgan fingerprint density at radius 1 is 1.00 bits per heavy atom. The molecule has 3 heterocycles. The minimum absolute atomic E-state index is 0.220. The van der Waals surface area contributed by atoms with Crippen molar-refractivity contribution in [2.24, 2.45) is 4.99 Å². The number of ether oxygens (including phenoxy) is 2. The van der Waals surface area contributed by atoms with Gasteiger partial charge < -0.3 is 24.2 Å². The fraction of sp³-hybridized carbons (Fsp3) is 0.348. The molecule has 0 aliphatic carbocycles. The lowest BCUT2D eigenvalue weighted by molar-refractivity contribution is -0.137. The lowest BCUT2D eigenvalue weighted by Crippen LogP contribution is -2.65. The van der Waals surface area contributed by atoms with E-state index in [1.807, 2.05) is 59.5 Å². The molecule has 32 heavy (non-hydrogen) atoms. The van der Waals surface area contributed by atoms with Crippen LogP contribution in [0, 0.1) is 0 Å². The molecule has 0 N–H and O–H groups in total. The predicted molar refractivity (Wildman–Crippen MR) is 119 cm³/mol. The Balaban J connectivity index is 1.35. The number of rotatable bonds is 6. The van der Waals surface area contributed by atoms with Crippen LogP contribution in [0.5, 0.6) is 11.5 Å². The lowest BCUT2D eigenvalue weighted by Gasteiger charge is -2.40. The zero-order valence-electron chi connectivity index (χ0n) is 18.0. The molecule has 0 bridgehead atoms. The number of carbonyl (C=O) groups is 2. The van der Waals surface area contributed by atoms with Crippen LogP contribution >= 0.6 is 0 Å².